The van der Waals surface area contributed by atoms with Crippen LogP contribution in [0.25, 0.3) is 0 Å². The minimum absolute atomic E-state index is 0.172. The fourth-order valence-electron chi connectivity index (χ4n) is 4.72. The number of hydrazone groups is 1. The van der Waals surface area contributed by atoms with Crippen molar-refractivity contribution in [1.29, 1.82) is 0 Å². The molecule has 13 nitrogen and oxygen atoms in total. The molecule has 0 spiro atoms. The van der Waals surface area contributed by atoms with Crippen LogP contribution in [0, 0.1) is 0 Å². The highest BCUT2D eigenvalue weighted by Gasteiger charge is 2.32. The smallest absolute Gasteiger partial charge is 0.338 e. The Morgan fingerprint density at radius 1 is 0.980 bits per heavy atom. The van der Waals surface area contributed by atoms with Gasteiger partial charge in [-0.1, -0.05) is 18.2 Å². The molecule has 0 aliphatic carbocycles. The summed E-state index contributed by atoms with van der Waals surface area (Å²) < 4.78 is 28.8. The molecule has 0 saturated heterocycles. The van der Waals surface area contributed by atoms with Crippen molar-refractivity contribution >= 4 is 56.0 Å². The van der Waals surface area contributed by atoms with Crippen molar-refractivity contribution in [2.45, 2.75) is 39.6 Å². The summed E-state index contributed by atoms with van der Waals surface area (Å²) >= 11 is 7.06. The number of amides is 2. The molecule has 0 radical (unpaired) electrons. The number of rotatable bonds is 15. The zero-order chi connectivity index (χ0) is 35.5. The lowest BCUT2D eigenvalue weighted by molar-refractivity contribution is -0.136. The molecule has 1 aliphatic heterocycles. The Kier molecular flexibility index (Phi) is 13.4. The number of nitrogens with zero attached hydrogens (tertiary/aromatic N) is 1. The summed E-state index contributed by atoms with van der Waals surface area (Å²) in [5.41, 5.74) is 5.90. The number of aliphatic hydroxyl groups excluding tert-OH is 1. The van der Waals surface area contributed by atoms with E-state index >= 15 is 0 Å². The van der Waals surface area contributed by atoms with E-state index in [1.165, 1.54) is 13.3 Å². The molecule has 2 amide bonds. The van der Waals surface area contributed by atoms with Gasteiger partial charge in [0.2, 0.25) is 0 Å². The van der Waals surface area contributed by atoms with Gasteiger partial charge in [0.15, 0.2) is 17.7 Å². The maximum Gasteiger partial charge on any atom is 0.338 e. The van der Waals surface area contributed by atoms with Gasteiger partial charge >= 0.3 is 18.0 Å². The number of carbonyl (C=O) groups excluding carboxylic acids is 3. The first kappa shape index (κ1) is 37.2. The Bertz CT molecular complexity index is 1710. The van der Waals surface area contributed by atoms with E-state index in [9.17, 15) is 19.5 Å². The number of methoxy groups -OCH3 is 1. The third-order valence-electron chi connectivity index (χ3n) is 6.98. The van der Waals surface area contributed by atoms with Gasteiger partial charge in [-0.05, 0) is 106 Å². The topological polar surface area (TPSA) is 166 Å². The number of halogens is 2. The highest BCUT2D eigenvalue weighted by atomic mass is 79.9. The van der Waals surface area contributed by atoms with Crippen LogP contribution in [0.1, 0.15) is 53.9 Å². The molecular formula is C34H36Br2N4O9. The van der Waals surface area contributed by atoms with Gasteiger partial charge in [0.1, 0.15) is 19.0 Å². The van der Waals surface area contributed by atoms with Crippen LogP contribution in [0.5, 0.6) is 17.2 Å². The second-order valence-electron chi connectivity index (χ2n) is 10.4. The van der Waals surface area contributed by atoms with Crippen molar-refractivity contribution in [2.75, 3.05) is 26.9 Å². The van der Waals surface area contributed by atoms with Crippen LogP contribution in [-0.2, 0) is 20.9 Å². The van der Waals surface area contributed by atoms with Crippen LogP contribution < -0.4 is 30.3 Å². The first-order valence-electron chi connectivity index (χ1n) is 15.1. The standard InChI is InChI=1S/C34H36Br2N4O9/c1-5-46-27-15-23(30-29(33(43)45-4)19(3)38-34(44)39-30)11-12-26(27)48-18-28(41)40-37-16-21-13-24(35)31(25(36)14-21)49-17-20-7-9-22(10-8-20)32(42)47-6-2/h7-16,28,30,40-41H,5-6,17-18H2,1-4H3,(H2,38,39,44)/b37-16+/t28-,30-/m0/s1. The number of allylic oxidation sites excluding steroid dienone is 1. The van der Waals surface area contributed by atoms with E-state index in [0.29, 0.717) is 61.8 Å². The summed E-state index contributed by atoms with van der Waals surface area (Å²) in [6.45, 7) is 5.92. The first-order valence-corrected chi connectivity index (χ1v) is 16.7. The van der Waals surface area contributed by atoms with Gasteiger partial charge in [0.25, 0.3) is 0 Å². The predicted molar refractivity (Wildman–Crippen MR) is 188 cm³/mol. The lowest BCUT2D eigenvalue weighted by Crippen LogP contribution is -2.45. The Balaban J connectivity index is 1.34. The lowest BCUT2D eigenvalue weighted by Gasteiger charge is -2.28. The van der Waals surface area contributed by atoms with Crippen molar-refractivity contribution in [3.05, 3.63) is 97.1 Å². The van der Waals surface area contributed by atoms with Gasteiger partial charge in [0, 0.05) is 5.70 Å². The van der Waals surface area contributed by atoms with Crippen LogP contribution in [-0.4, -0.2) is 62.4 Å². The molecule has 15 heteroatoms. The fourth-order valence-corrected chi connectivity index (χ4v) is 6.17. The molecule has 0 unspecified atom stereocenters. The quantitative estimate of drug-likeness (QED) is 0.0669. The molecule has 1 aliphatic rings. The molecule has 0 saturated carbocycles. The summed E-state index contributed by atoms with van der Waals surface area (Å²) in [4.78, 5) is 36.5. The number of esters is 2. The van der Waals surface area contributed by atoms with E-state index < -0.39 is 24.3 Å². The van der Waals surface area contributed by atoms with Gasteiger partial charge in [-0.25, -0.2) is 14.4 Å². The second-order valence-corrected chi connectivity index (χ2v) is 12.1. The van der Waals surface area contributed by atoms with E-state index in [-0.39, 0.29) is 24.8 Å². The van der Waals surface area contributed by atoms with Crippen molar-refractivity contribution in [3.8, 4) is 17.2 Å². The van der Waals surface area contributed by atoms with E-state index in [0.717, 1.165) is 5.56 Å². The van der Waals surface area contributed by atoms with Gasteiger partial charge in [-0.3, -0.25) is 5.43 Å². The van der Waals surface area contributed by atoms with Crippen molar-refractivity contribution < 1.29 is 43.2 Å². The molecule has 0 aromatic heterocycles. The fraction of sp³-hybridized carbons (Fsp3) is 0.294. The maximum absolute atomic E-state index is 12.5. The third-order valence-corrected chi connectivity index (χ3v) is 8.16. The molecule has 4 rings (SSSR count). The molecule has 2 atom stereocenters. The Hall–Kier alpha value is -4.60. The van der Waals surface area contributed by atoms with Crippen LogP contribution in [0.2, 0.25) is 0 Å². The van der Waals surface area contributed by atoms with Crippen molar-refractivity contribution in [2.24, 2.45) is 5.10 Å². The Morgan fingerprint density at radius 2 is 1.69 bits per heavy atom. The predicted octanol–water partition coefficient (Wildman–Crippen LogP) is 5.49. The van der Waals surface area contributed by atoms with Crippen LogP contribution in [0.4, 0.5) is 4.79 Å². The molecular weight excluding hydrogens is 768 g/mol. The van der Waals surface area contributed by atoms with E-state index in [2.05, 4.69) is 53.0 Å². The third kappa shape index (κ3) is 9.96. The molecule has 3 aromatic carbocycles. The number of nitrogens with one attached hydrogen (secondary N) is 3. The lowest BCUT2D eigenvalue weighted by atomic mass is 9.95. The molecule has 49 heavy (non-hydrogen) atoms. The number of hydrogen-bond acceptors (Lipinski definition) is 11. The number of benzene rings is 3. The van der Waals surface area contributed by atoms with Gasteiger partial charge in [-0.2, -0.15) is 5.10 Å². The van der Waals surface area contributed by atoms with Crippen molar-refractivity contribution in [3.63, 3.8) is 0 Å². The normalized spacial score (nSPS) is 14.8. The largest absolute Gasteiger partial charge is 0.490 e. The molecule has 3 aromatic rings. The molecule has 4 N–H and O–H groups in total. The second kappa shape index (κ2) is 17.7. The Labute approximate surface area is 300 Å². The summed E-state index contributed by atoms with van der Waals surface area (Å²) in [5, 5.41) is 19.9. The maximum atomic E-state index is 12.5. The number of urea groups is 1. The summed E-state index contributed by atoms with van der Waals surface area (Å²) in [5.74, 6) is 0.331. The monoisotopic (exact) mass is 802 g/mol. The summed E-state index contributed by atoms with van der Waals surface area (Å²) in [6.07, 6.45) is 0.356. The van der Waals surface area contributed by atoms with E-state index in [4.69, 9.17) is 23.7 Å². The average molecular weight is 804 g/mol. The first-order chi connectivity index (χ1) is 23.5. The summed E-state index contributed by atoms with van der Waals surface area (Å²) in [7, 11) is 1.27. The number of carbonyl (C=O) groups is 3. The SMILES string of the molecule is CCOC(=O)c1ccc(COc2c(Br)cc(/C=N/N[C@@H](O)COc3ccc([C@@H]4NC(=O)NC(C)=C4C(=O)OC)cc3OCC)cc2Br)cc1. The van der Waals surface area contributed by atoms with Crippen LogP contribution in [0.15, 0.2) is 79.9 Å². The van der Waals surface area contributed by atoms with Gasteiger partial charge < -0.3 is 39.4 Å². The molecule has 1 heterocycles. The number of aliphatic hydroxyl groups is 1. The minimum Gasteiger partial charge on any atom is -0.490 e. The number of ether oxygens (including phenoxy) is 5. The van der Waals surface area contributed by atoms with Crippen LogP contribution >= 0.6 is 31.9 Å². The minimum atomic E-state index is -1.17. The van der Waals surface area contributed by atoms with Crippen LogP contribution in [0.3, 0.4) is 0 Å². The molecule has 260 valence electrons. The number of hydrogen-bond donors (Lipinski definition) is 4. The molecule has 0 bridgehead atoms. The van der Waals surface area contributed by atoms with Gasteiger partial charge in [-0.15, -0.1) is 0 Å². The van der Waals surface area contributed by atoms with E-state index in [1.807, 2.05) is 0 Å². The zero-order valence-electron chi connectivity index (χ0n) is 27.2. The zero-order valence-corrected chi connectivity index (χ0v) is 30.3. The van der Waals surface area contributed by atoms with Gasteiger partial charge in [0.05, 0.1) is 52.7 Å². The van der Waals surface area contributed by atoms with E-state index in [1.54, 1.807) is 75.4 Å². The molecule has 0 fully saturated rings. The summed E-state index contributed by atoms with van der Waals surface area (Å²) in [6, 6.07) is 14.4. The van der Waals surface area contributed by atoms with Crippen molar-refractivity contribution in [1.82, 2.24) is 16.1 Å². The average Bonchev–Trinajstić information content (AvgIpc) is 3.07. The Morgan fingerprint density at radius 3 is 2.35 bits per heavy atom. The highest BCUT2D eigenvalue weighted by Crippen LogP contribution is 2.36. The highest BCUT2D eigenvalue weighted by molar-refractivity contribution is 9.11.